The highest BCUT2D eigenvalue weighted by Gasteiger charge is 2.31. The monoisotopic (exact) mass is 289 g/mol. The molecule has 1 atom stereocenters. The minimum atomic E-state index is 0.437. The summed E-state index contributed by atoms with van der Waals surface area (Å²) in [6.45, 7) is 3.13. The summed E-state index contributed by atoms with van der Waals surface area (Å²) in [4.78, 5) is 0. The van der Waals surface area contributed by atoms with Crippen molar-refractivity contribution in [3.63, 3.8) is 0 Å². The predicted molar refractivity (Wildman–Crippen MR) is 82.0 cm³/mol. The van der Waals surface area contributed by atoms with Crippen LogP contribution in [0.1, 0.15) is 31.2 Å². The lowest BCUT2D eigenvalue weighted by atomic mass is 9.75. The average Bonchev–Trinajstić information content (AvgIpc) is 2.87. The summed E-state index contributed by atoms with van der Waals surface area (Å²) in [6.07, 6.45) is 6.18. The van der Waals surface area contributed by atoms with E-state index in [1.165, 1.54) is 18.4 Å². The van der Waals surface area contributed by atoms with E-state index in [2.05, 4.69) is 29.5 Å². The van der Waals surface area contributed by atoms with Crippen LogP contribution in [0.15, 0.2) is 42.7 Å². The first-order valence-electron chi connectivity index (χ1n) is 7.20. The van der Waals surface area contributed by atoms with Gasteiger partial charge in [0.25, 0.3) is 0 Å². The van der Waals surface area contributed by atoms with Crippen LogP contribution in [0.3, 0.4) is 0 Å². The summed E-state index contributed by atoms with van der Waals surface area (Å²) in [5.74, 6) is 0.609. The fourth-order valence-corrected chi connectivity index (χ4v) is 3.25. The van der Waals surface area contributed by atoms with Gasteiger partial charge in [-0.15, -0.1) is 0 Å². The zero-order valence-corrected chi connectivity index (χ0v) is 12.4. The van der Waals surface area contributed by atoms with Crippen LogP contribution in [0.5, 0.6) is 0 Å². The van der Waals surface area contributed by atoms with E-state index in [0.717, 1.165) is 11.6 Å². The molecule has 0 radical (unpaired) electrons. The second kappa shape index (κ2) is 5.98. The Bertz CT molecular complexity index is 547. The molecule has 1 aliphatic rings. The molecule has 4 heteroatoms. The lowest BCUT2D eigenvalue weighted by Crippen LogP contribution is -2.45. The topological polar surface area (TPSA) is 29.9 Å². The molecule has 20 heavy (non-hydrogen) atoms. The van der Waals surface area contributed by atoms with Crippen LogP contribution < -0.4 is 5.32 Å². The van der Waals surface area contributed by atoms with E-state index in [0.29, 0.717) is 18.0 Å². The van der Waals surface area contributed by atoms with Gasteiger partial charge in [-0.2, -0.15) is 5.10 Å². The molecule has 0 saturated heterocycles. The highest BCUT2D eigenvalue weighted by molar-refractivity contribution is 6.31. The number of nitrogens with zero attached hydrogens (tertiary/aromatic N) is 2. The van der Waals surface area contributed by atoms with Crippen molar-refractivity contribution in [2.45, 2.75) is 44.3 Å². The number of aromatic nitrogens is 2. The van der Waals surface area contributed by atoms with Gasteiger partial charge in [-0.05, 0) is 43.4 Å². The maximum atomic E-state index is 6.25. The fraction of sp³-hybridized carbons (Fsp3) is 0.438. The van der Waals surface area contributed by atoms with Crippen molar-refractivity contribution in [2.75, 3.05) is 0 Å². The quantitative estimate of drug-likeness (QED) is 0.913. The van der Waals surface area contributed by atoms with Gasteiger partial charge in [0.05, 0.1) is 6.54 Å². The van der Waals surface area contributed by atoms with Crippen LogP contribution in [-0.2, 0) is 6.54 Å². The van der Waals surface area contributed by atoms with Crippen LogP contribution in [-0.4, -0.2) is 21.9 Å². The summed E-state index contributed by atoms with van der Waals surface area (Å²) in [6, 6.07) is 11.2. The molecule has 1 saturated carbocycles. The Morgan fingerprint density at radius 1 is 1.35 bits per heavy atom. The summed E-state index contributed by atoms with van der Waals surface area (Å²) < 4.78 is 1.97. The number of rotatable bonds is 5. The summed E-state index contributed by atoms with van der Waals surface area (Å²) in [5.41, 5.74) is 1.30. The third kappa shape index (κ3) is 3.05. The second-order valence-corrected chi connectivity index (χ2v) is 6.09. The van der Waals surface area contributed by atoms with Gasteiger partial charge in [0.15, 0.2) is 0 Å². The molecule has 1 heterocycles. The van der Waals surface area contributed by atoms with E-state index < -0.39 is 0 Å². The van der Waals surface area contributed by atoms with Crippen molar-refractivity contribution in [2.24, 2.45) is 0 Å². The number of hydrogen-bond acceptors (Lipinski definition) is 2. The molecule has 1 unspecified atom stereocenters. The van der Waals surface area contributed by atoms with Crippen molar-refractivity contribution < 1.29 is 0 Å². The molecule has 3 rings (SSSR count). The molecule has 3 nitrogen and oxygen atoms in total. The van der Waals surface area contributed by atoms with Gasteiger partial charge in [0, 0.05) is 29.5 Å². The molecule has 0 bridgehead atoms. The van der Waals surface area contributed by atoms with Gasteiger partial charge < -0.3 is 5.32 Å². The molecule has 0 amide bonds. The van der Waals surface area contributed by atoms with Gasteiger partial charge in [-0.3, -0.25) is 4.68 Å². The van der Waals surface area contributed by atoms with Crippen LogP contribution in [0, 0.1) is 0 Å². The fourth-order valence-electron chi connectivity index (χ4n) is 2.96. The van der Waals surface area contributed by atoms with Gasteiger partial charge in [-0.25, -0.2) is 0 Å². The minimum absolute atomic E-state index is 0.437. The largest absolute Gasteiger partial charge is 0.310 e. The molecule has 1 aromatic carbocycles. The maximum absolute atomic E-state index is 6.25. The average molecular weight is 290 g/mol. The molecule has 1 aliphatic carbocycles. The van der Waals surface area contributed by atoms with Crippen molar-refractivity contribution in [3.8, 4) is 0 Å². The van der Waals surface area contributed by atoms with Crippen LogP contribution in [0.25, 0.3) is 0 Å². The Kier molecular flexibility index (Phi) is 4.08. The molecular weight excluding hydrogens is 270 g/mol. The first-order chi connectivity index (χ1) is 9.72. The van der Waals surface area contributed by atoms with E-state index >= 15 is 0 Å². The highest BCUT2D eigenvalue weighted by Crippen LogP contribution is 2.40. The zero-order chi connectivity index (χ0) is 13.9. The van der Waals surface area contributed by atoms with E-state index in [4.69, 9.17) is 11.6 Å². The SMILES string of the molecule is CC(Cn1cccn1)NC1CC(c2ccccc2Cl)C1. The Morgan fingerprint density at radius 3 is 2.85 bits per heavy atom. The third-order valence-corrected chi connectivity index (χ3v) is 4.37. The molecule has 1 aromatic heterocycles. The van der Waals surface area contributed by atoms with Gasteiger partial charge in [0.2, 0.25) is 0 Å². The van der Waals surface area contributed by atoms with E-state index in [1.54, 1.807) is 0 Å². The minimum Gasteiger partial charge on any atom is -0.310 e. The Balaban J connectivity index is 1.47. The summed E-state index contributed by atoms with van der Waals surface area (Å²) in [7, 11) is 0. The van der Waals surface area contributed by atoms with Crippen molar-refractivity contribution in [1.29, 1.82) is 0 Å². The maximum Gasteiger partial charge on any atom is 0.0560 e. The van der Waals surface area contributed by atoms with Gasteiger partial charge in [0.1, 0.15) is 0 Å². The Hall–Kier alpha value is -1.32. The number of halogens is 1. The lowest BCUT2D eigenvalue weighted by molar-refractivity contribution is 0.258. The van der Waals surface area contributed by atoms with Crippen LogP contribution in [0.4, 0.5) is 0 Å². The van der Waals surface area contributed by atoms with Crippen LogP contribution >= 0.6 is 11.6 Å². The lowest BCUT2D eigenvalue weighted by Gasteiger charge is -2.38. The summed E-state index contributed by atoms with van der Waals surface area (Å²) >= 11 is 6.25. The second-order valence-electron chi connectivity index (χ2n) is 5.68. The van der Waals surface area contributed by atoms with Crippen molar-refractivity contribution in [3.05, 3.63) is 53.3 Å². The van der Waals surface area contributed by atoms with E-state index in [-0.39, 0.29) is 0 Å². The molecule has 0 aliphatic heterocycles. The predicted octanol–water partition coefficient (Wildman–Crippen LogP) is 3.46. The number of benzene rings is 1. The zero-order valence-electron chi connectivity index (χ0n) is 11.7. The molecule has 0 spiro atoms. The van der Waals surface area contributed by atoms with Crippen molar-refractivity contribution in [1.82, 2.24) is 15.1 Å². The van der Waals surface area contributed by atoms with Gasteiger partial charge >= 0.3 is 0 Å². The molecule has 106 valence electrons. The Labute approximate surface area is 124 Å². The molecule has 1 N–H and O–H groups in total. The van der Waals surface area contributed by atoms with Crippen LogP contribution in [0.2, 0.25) is 5.02 Å². The summed E-state index contributed by atoms with van der Waals surface area (Å²) in [5, 5.41) is 8.81. The number of hydrogen-bond donors (Lipinski definition) is 1. The molecule has 2 aromatic rings. The third-order valence-electron chi connectivity index (χ3n) is 4.02. The smallest absolute Gasteiger partial charge is 0.0560 e. The first kappa shape index (κ1) is 13.7. The Morgan fingerprint density at radius 2 is 2.15 bits per heavy atom. The highest BCUT2D eigenvalue weighted by atomic mass is 35.5. The number of nitrogens with one attached hydrogen (secondary N) is 1. The first-order valence-corrected chi connectivity index (χ1v) is 7.58. The normalized spacial score (nSPS) is 23.3. The standard InChI is InChI=1S/C16H20ClN3/c1-12(11-20-8-4-7-18-20)19-14-9-13(10-14)15-5-2-3-6-16(15)17/h2-8,12-14,19H,9-11H2,1H3. The van der Waals surface area contributed by atoms with E-state index in [9.17, 15) is 0 Å². The molecular formula is C16H20ClN3. The van der Waals surface area contributed by atoms with Gasteiger partial charge in [-0.1, -0.05) is 29.8 Å². The van der Waals surface area contributed by atoms with E-state index in [1.807, 2.05) is 35.3 Å². The van der Waals surface area contributed by atoms with Crippen molar-refractivity contribution >= 4 is 11.6 Å². The molecule has 1 fully saturated rings.